The van der Waals surface area contributed by atoms with Crippen molar-refractivity contribution in [3.63, 3.8) is 0 Å². The molecule has 1 aromatic rings. The molecule has 1 N–H and O–H groups in total. The van der Waals surface area contributed by atoms with E-state index < -0.39 is 20.9 Å². The van der Waals surface area contributed by atoms with Crippen molar-refractivity contribution >= 4 is 21.6 Å². The molecule has 8 heteroatoms. The number of nitro benzene ring substituents is 1. The van der Waals surface area contributed by atoms with Gasteiger partial charge in [-0.2, -0.15) is 0 Å². The second-order valence-corrected chi connectivity index (χ2v) is 5.21. The van der Waals surface area contributed by atoms with Gasteiger partial charge >= 0.3 is 0 Å². The lowest BCUT2D eigenvalue weighted by Gasteiger charge is -2.05. The van der Waals surface area contributed by atoms with Crippen LogP contribution in [0.5, 0.6) is 0 Å². The lowest BCUT2D eigenvalue weighted by atomic mass is 10.1. The molecule has 0 fully saturated rings. The van der Waals surface area contributed by atoms with Crippen LogP contribution >= 0.6 is 0 Å². The first-order chi connectivity index (χ1) is 7.70. The zero-order valence-electron chi connectivity index (χ0n) is 9.13. The number of rotatable bonds is 3. The Morgan fingerprint density at radius 1 is 1.41 bits per heavy atom. The van der Waals surface area contributed by atoms with Crippen molar-refractivity contribution in [2.75, 3.05) is 6.26 Å². The van der Waals surface area contributed by atoms with E-state index in [9.17, 15) is 23.3 Å². The van der Waals surface area contributed by atoms with Gasteiger partial charge in [0, 0.05) is 12.1 Å². The maximum Gasteiger partial charge on any atom is 0.270 e. The van der Waals surface area contributed by atoms with E-state index in [1.54, 1.807) is 11.6 Å². The molecule has 0 radical (unpaired) electrons. The number of non-ortho nitro benzene ring substituents is 1. The molecular weight excluding hydrogens is 248 g/mol. The minimum Gasteiger partial charge on any atom is -0.268 e. The maximum absolute atomic E-state index is 11.5. The third kappa shape index (κ3) is 3.52. The van der Waals surface area contributed by atoms with Crippen molar-refractivity contribution in [3.05, 3.63) is 39.4 Å². The summed E-state index contributed by atoms with van der Waals surface area (Å²) in [6.45, 7) is 1.56. The lowest BCUT2D eigenvalue weighted by molar-refractivity contribution is -0.384. The Morgan fingerprint density at radius 2 is 2.00 bits per heavy atom. The lowest BCUT2D eigenvalue weighted by Crippen LogP contribution is -2.29. The number of amides is 1. The fourth-order valence-electron chi connectivity index (χ4n) is 1.19. The van der Waals surface area contributed by atoms with Crippen LogP contribution in [-0.4, -0.2) is 25.5 Å². The summed E-state index contributed by atoms with van der Waals surface area (Å²) >= 11 is 0. The molecule has 0 saturated heterocycles. The molecule has 0 aromatic heterocycles. The van der Waals surface area contributed by atoms with E-state index in [-0.39, 0.29) is 11.3 Å². The number of hydrogen-bond donors (Lipinski definition) is 1. The Kier molecular flexibility index (Phi) is 3.47. The monoisotopic (exact) mass is 258 g/mol. The number of carbonyl (C=O) groups excluding carboxylic acids is 1. The molecule has 17 heavy (non-hydrogen) atoms. The third-order valence-electron chi connectivity index (χ3n) is 1.95. The number of nitro groups is 1. The van der Waals surface area contributed by atoms with E-state index >= 15 is 0 Å². The second-order valence-electron chi connectivity index (χ2n) is 3.46. The van der Waals surface area contributed by atoms with Crippen molar-refractivity contribution in [2.24, 2.45) is 0 Å². The first-order valence-electron chi connectivity index (χ1n) is 4.48. The smallest absolute Gasteiger partial charge is 0.268 e. The molecule has 0 aliphatic heterocycles. The molecule has 1 amide bonds. The standard InChI is InChI=1S/C9H10N2O5S/c1-6-3-4-7(11(13)14)5-8(6)9(12)10-17(2,15)16/h3-5H,1-2H3,(H,10,12). The van der Waals surface area contributed by atoms with E-state index in [4.69, 9.17) is 0 Å². The molecule has 7 nitrogen and oxygen atoms in total. The average Bonchev–Trinajstić information content (AvgIpc) is 2.14. The number of hydrogen-bond acceptors (Lipinski definition) is 5. The summed E-state index contributed by atoms with van der Waals surface area (Å²) in [6.07, 6.45) is 0.831. The van der Waals surface area contributed by atoms with Gasteiger partial charge in [0.25, 0.3) is 11.6 Å². The Morgan fingerprint density at radius 3 is 2.47 bits per heavy atom. The molecule has 0 saturated carbocycles. The van der Waals surface area contributed by atoms with Gasteiger partial charge in [0.1, 0.15) is 0 Å². The molecule has 92 valence electrons. The van der Waals surface area contributed by atoms with Crippen LogP contribution in [0.2, 0.25) is 0 Å². The van der Waals surface area contributed by atoms with E-state index in [0.717, 1.165) is 12.3 Å². The highest BCUT2D eigenvalue weighted by Gasteiger charge is 2.17. The van der Waals surface area contributed by atoms with E-state index in [2.05, 4.69) is 0 Å². The summed E-state index contributed by atoms with van der Waals surface area (Å²) < 4.78 is 23.5. The molecule has 0 aliphatic carbocycles. The average molecular weight is 258 g/mol. The van der Waals surface area contributed by atoms with Gasteiger partial charge < -0.3 is 0 Å². The van der Waals surface area contributed by atoms with Crippen LogP contribution < -0.4 is 4.72 Å². The Bertz CT molecular complexity index is 579. The third-order valence-corrected chi connectivity index (χ3v) is 2.51. The van der Waals surface area contributed by atoms with Gasteiger partial charge in [-0.25, -0.2) is 13.1 Å². The van der Waals surface area contributed by atoms with Crippen LogP contribution in [0, 0.1) is 17.0 Å². The number of aryl methyl sites for hydroxylation is 1. The van der Waals surface area contributed by atoms with Crippen molar-refractivity contribution in [1.82, 2.24) is 4.72 Å². The van der Waals surface area contributed by atoms with Gasteiger partial charge in [-0.3, -0.25) is 14.9 Å². The summed E-state index contributed by atoms with van der Waals surface area (Å²) in [4.78, 5) is 21.4. The highest BCUT2D eigenvalue weighted by atomic mass is 32.2. The molecule has 0 unspecified atom stereocenters. The highest BCUT2D eigenvalue weighted by molar-refractivity contribution is 7.89. The SMILES string of the molecule is Cc1ccc([N+](=O)[O-])cc1C(=O)NS(C)(=O)=O. The molecule has 0 aliphatic rings. The first kappa shape index (κ1) is 13.1. The van der Waals surface area contributed by atoms with Crippen LogP contribution in [0.4, 0.5) is 5.69 Å². The fraction of sp³-hybridized carbons (Fsp3) is 0.222. The van der Waals surface area contributed by atoms with Gasteiger partial charge in [-0.1, -0.05) is 6.07 Å². The summed E-state index contributed by atoms with van der Waals surface area (Å²) in [7, 11) is -3.69. The van der Waals surface area contributed by atoms with Gasteiger partial charge in [-0.05, 0) is 12.5 Å². The van der Waals surface area contributed by atoms with Gasteiger partial charge in [0.2, 0.25) is 10.0 Å². The summed E-state index contributed by atoms with van der Waals surface area (Å²) in [5, 5.41) is 10.5. The first-order valence-corrected chi connectivity index (χ1v) is 6.37. The molecule has 0 spiro atoms. The normalized spacial score (nSPS) is 10.9. The second kappa shape index (κ2) is 4.50. The quantitative estimate of drug-likeness (QED) is 0.630. The molecule has 0 heterocycles. The van der Waals surface area contributed by atoms with Crippen molar-refractivity contribution in [1.29, 1.82) is 0 Å². The minimum absolute atomic E-state index is 0.0374. The van der Waals surface area contributed by atoms with Crippen molar-refractivity contribution in [2.45, 2.75) is 6.92 Å². The molecule has 1 aromatic carbocycles. The molecule has 1 rings (SSSR count). The van der Waals surface area contributed by atoms with Crippen LogP contribution in [0.15, 0.2) is 18.2 Å². The zero-order chi connectivity index (χ0) is 13.2. The van der Waals surface area contributed by atoms with Crippen LogP contribution in [0.3, 0.4) is 0 Å². The summed E-state index contributed by atoms with van der Waals surface area (Å²) in [5.41, 5.74) is 0.149. The minimum atomic E-state index is -3.69. The van der Waals surface area contributed by atoms with Crippen LogP contribution in [-0.2, 0) is 10.0 Å². The highest BCUT2D eigenvalue weighted by Crippen LogP contribution is 2.17. The van der Waals surface area contributed by atoms with E-state index in [1.807, 2.05) is 0 Å². The number of benzene rings is 1. The van der Waals surface area contributed by atoms with E-state index in [0.29, 0.717) is 5.56 Å². The van der Waals surface area contributed by atoms with Crippen molar-refractivity contribution < 1.29 is 18.1 Å². The summed E-state index contributed by atoms with van der Waals surface area (Å²) in [6, 6.07) is 3.66. The Balaban J connectivity index is 3.17. The topological polar surface area (TPSA) is 106 Å². The number of nitrogens with zero attached hydrogens (tertiary/aromatic N) is 1. The zero-order valence-corrected chi connectivity index (χ0v) is 9.95. The Labute approximate surface area is 97.7 Å². The fourth-order valence-corrected chi connectivity index (χ4v) is 1.64. The number of sulfonamides is 1. The van der Waals surface area contributed by atoms with Crippen LogP contribution in [0.25, 0.3) is 0 Å². The number of nitrogens with one attached hydrogen (secondary N) is 1. The van der Waals surface area contributed by atoms with Gasteiger partial charge in [0.15, 0.2) is 0 Å². The largest absolute Gasteiger partial charge is 0.270 e. The molecular formula is C9H10N2O5S. The summed E-state index contributed by atoms with van der Waals surface area (Å²) in [5.74, 6) is -0.881. The number of carbonyl (C=O) groups is 1. The Hall–Kier alpha value is -1.96. The predicted molar refractivity (Wildman–Crippen MR) is 60.1 cm³/mol. The van der Waals surface area contributed by atoms with Gasteiger partial charge in [-0.15, -0.1) is 0 Å². The van der Waals surface area contributed by atoms with Gasteiger partial charge in [0.05, 0.1) is 16.7 Å². The van der Waals surface area contributed by atoms with Crippen LogP contribution in [0.1, 0.15) is 15.9 Å². The predicted octanol–water partition coefficient (Wildman–Crippen LogP) is 0.593. The molecule has 0 atom stereocenters. The molecule has 0 bridgehead atoms. The van der Waals surface area contributed by atoms with E-state index in [1.165, 1.54) is 12.1 Å². The maximum atomic E-state index is 11.5. The van der Waals surface area contributed by atoms with Crippen molar-refractivity contribution in [3.8, 4) is 0 Å².